The standard InChI is InChI=1S/C10H21NO/c11-10-7-2-1-5-9(10)6-3-4-8-12/h9-10,12H,1-8,11H2. The smallest absolute Gasteiger partial charge is 0.0431 e. The van der Waals surface area contributed by atoms with E-state index in [-0.39, 0.29) is 0 Å². The SMILES string of the molecule is NC1CCCCC1CCCCO. The summed E-state index contributed by atoms with van der Waals surface area (Å²) < 4.78 is 0. The van der Waals surface area contributed by atoms with Crippen molar-refractivity contribution in [3.8, 4) is 0 Å². The molecule has 0 aromatic rings. The van der Waals surface area contributed by atoms with Gasteiger partial charge in [-0.15, -0.1) is 0 Å². The molecule has 0 aromatic heterocycles. The average molecular weight is 171 g/mol. The van der Waals surface area contributed by atoms with E-state index in [1.54, 1.807) is 0 Å². The predicted molar refractivity (Wildman–Crippen MR) is 50.9 cm³/mol. The minimum atomic E-state index is 0.335. The lowest BCUT2D eigenvalue weighted by atomic mass is 9.82. The van der Waals surface area contributed by atoms with Crippen LogP contribution in [0.2, 0.25) is 0 Å². The summed E-state index contributed by atoms with van der Waals surface area (Å²) in [5, 5.41) is 8.63. The Kier molecular flexibility index (Phi) is 4.62. The van der Waals surface area contributed by atoms with Crippen LogP contribution in [0.25, 0.3) is 0 Å². The van der Waals surface area contributed by atoms with Crippen LogP contribution in [0.15, 0.2) is 0 Å². The van der Waals surface area contributed by atoms with Crippen LogP contribution >= 0.6 is 0 Å². The second-order valence-electron chi connectivity index (χ2n) is 3.93. The third-order valence-electron chi connectivity index (χ3n) is 2.95. The van der Waals surface area contributed by atoms with Gasteiger partial charge in [0.2, 0.25) is 0 Å². The third kappa shape index (κ3) is 3.11. The van der Waals surface area contributed by atoms with Crippen LogP contribution in [0.4, 0.5) is 0 Å². The predicted octanol–water partition coefficient (Wildman–Crippen LogP) is 1.67. The van der Waals surface area contributed by atoms with Crippen molar-refractivity contribution in [2.24, 2.45) is 11.7 Å². The second-order valence-corrected chi connectivity index (χ2v) is 3.93. The molecule has 1 fully saturated rings. The minimum absolute atomic E-state index is 0.335. The Hall–Kier alpha value is -0.0800. The van der Waals surface area contributed by atoms with Crippen molar-refractivity contribution >= 4 is 0 Å². The van der Waals surface area contributed by atoms with Crippen LogP contribution in [0.3, 0.4) is 0 Å². The highest BCUT2D eigenvalue weighted by Crippen LogP contribution is 2.26. The Bertz CT molecular complexity index is 116. The van der Waals surface area contributed by atoms with Crippen molar-refractivity contribution < 1.29 is 5.11 Å². The van der Waals surface area contributed by atoms with Gasteiger partial charge in [0.05, 0.1) is 0 Å². The molecule has 0 bridgehead atoms. The number of rotatable bonds is 4. The van der Waals surface area contributed by atoms with E-state index in [4.69, 9.17) is 10.8 Å². The fraction of sp³-hybridized carbons (Fsp3) is 1.00. The largest absolute Gasteiger partial charge is 0.396 e. The van der Waals surface area contributed by atoms with Gasteiger partial charge in [-0.05, 0) is 31.6 Å². The Morgan fingerprint density at radius 2 is 1.92 bits per heavy atom. The zero-order chi connectivity index (χ0) is 8.81. The summed E-state index contributed by atoms with van der Waals surface area (Å²) >= 11 is 0. The van der Waals surface area contributed by atoms with E-state index in [0.717, 1.165) is 18.8 Å². The number of aliphatic hydroxyl groups excluding tert-OH is 1. The molecule has 0 amide bonds. The summed E-state index contributed by atoms with van der Waals surface area (Å²) in [6.07, 6.45) is 8.52. The van der Waals surface area contributed by atoms with E-state index in [0.29, 0.717) is 12.6 Å². The van der Waals surface area contributed by atoms with Crippen molar-refractivity contribution in [3.05, 3.63) is 0 Å². The van der Waals surface area contributed by atoms with Gasteiger partial charge in [-0.25, -0.2) is 0 Å². The quantitative estimate of drug-likeness (QED) is 0.632. The van der Waals surface area contributed by atoms with Crippen LogP contribution in [-0.2, 0) is 0 Å². The molecule has 1 rings (SSSR count). The Morgan fingerprint density at radius 1 is 1.17 bits per heavy atom. The number of hydrogen-bond acceptors (Lipinski definition) is 2. The summed E-state index contributed by atoms with van der Waals surface area (Å²) in [4.78, 5) is 0. The molecule has 12 heavy (non-hydrogen) atoms. The van der Waals surface area contributed by atoms with Gasteiger partial charge in [0, 0.05) is 12.6 Å². The van der Waals surface area contributed by atoms with Gasteiger partial charge >= 0.3 is 0 Å². The summed E-state index contributed by atoms with van der Waals surface area (Å²) in [7, 11) is 0. The highest BCUT2D eigenvalue weighted by atomic mass is 16.2. The molecule has 72 valence electrons. The van der Waals surface area contributed by atoms with E-state index >= 15 is 0 Å². The highest BCUT2D eigenvalue weighted by molar-refractivity contribution is 4.77. The Morgan fingerprint density at radius 3 is 2.58 bits per heavy atom. The number of nitrogens with two attached hydrogens (primary N) is 1. The van der Waals surface area contributed by atoms with Gasteiger partial charge in [0.1, 0.15) is 0 Å². The first-order valence-corrected chi connectivity index (χ1v) is 5.21. The third-order valence-corrected chi connectivity index (χ3v) is 2.95. The lowest BCUT2D eigenvalue weighted by molar-refractivity contribution is 0.253. The minimum Gasteiger partial charge on any atom is -0.396 e. The van der Waals surface area contributed by atoms with Crippen LogP contribution in [0.5, 0.6) is 0 Å². The molecule has 3 N–H and O–H groups in total. The molecular formula is C10H21NO. The molecule has 1 saturated carbocycles. The molecule has 2 unspecified atom stereocenters. The van der Waals surface area contributed by atoms with Gasteiger partial charge < -0.3 is 10.8 Å². The van der Waals surface area contributed by atoms with E-state index in [9.17, 15) is 0 Å². The van der Waals surface area contributed by atoms with Crippen LogP contribution < -0.4 is 5.73 Å². The van der Waals surface area contributed by atoms with Crippen LogP contribution in [-0.4, -0.2) is 17.8 Å². The molecule has 0 saturated heterocycles. The maximum Gasteiger partial charge on any atom is 0.0431 e. The van der Waals surface area contributed by atoms with Crippen LogP contribution in [0, 0.1) is 5.92 Å². The average Bonchev–Trinajstić information content (AvgIpc) is 2.09. The number of unbranched alkanes of at least 4 members (excludes halogenated alkanes) is 1. The molecule has 0 aliphatic heterocycles. The molecule has 2 nitrogen and oxygen atoms in total. The zero-order valence-electron chi connectivity index (χ0n) is 7.84. The molecule has 1 aliphatic rings. The van der Waals surface area contributed by atoms with Crippen molar-refractivity contribution in [1.82, 2.24) is 0 Å². The van der Waals surface area contributed by atoms with E-state index in [1.165, 1.54) is 32.1 Å². The summed E-state index contributed by atoms with van der Waals surface area (Å²) in [6.45, 7) is 0.335. The fourth-order valence-corrected chi connectivity index (χ4v) is 2.11. The van der Waals surface area contributed by atoms with Crippen molar-refractivity contribution in [3.63, 3.8) is 0 Å². The zero-order valence-corrected chi connectivity index (χ0v) is 7.84. The second kappa shape index (κ2) is 5.55. The fourth-order valence-electron chi connectivity index (χ4n) is 2.11. The van der Waals surface area contributed by atoms with E-state index in [2.05, 4.69) is 0 Å². The monoisotopic (exact) mass is 171 g/mol. The first kappa shape index (κ1) is 10.0. The number of hydrogen-bond donors (Lipinski definition) is 2. The molecule has 0 heterocycles. The summed E-state index contributed by atoms with van der Waals surface area (Å²) in [6, 6.07) is 0.442. The van der Waals surface area contributed by atoms with Gasteiger partial charge in [-0.3, -0.25) is 0 Å². The summed E-state index contributed by atoms with van der Waals surface area (Å²) in [5.74, 6) is 0.741. The molecule has 2 heteroatoms. The lowest BCUT2D eigenvalue weighted by Crippen LogP contribution is -2.32. The van der Waals surface area contributed by atoms with Gasteiger partial charge in [0.15, 0.2) is 0 Å². The Labute approximate surface area is 75.2 Å². The first-order chi connectivity index (χ1) is 5.84. The molecule has 0 aromatic carbocycles. The summed E-state index contributed by atoms with van der Waals surface area (Å²) in [5.41, 5.74) is 6.00. The molecule has 1 aliphatic carbocycles. The van der Waals surface area contributed by atoms with Crippen molar-refractivity contribution in [2.45, 2.75) is 51.0 Å². The Balaban J connectivity index is 2.11. The van der Waals surface area contributed by atoms with E-state index in [1.807, 2.05) is 0 Å². The first-order valence-electron chi connectivity index (χ1n) is 5.21. The highest BCUT2D eigenvalue weighted by Gasteiger charge is 2.20. The molecule has 0 spiro atoms. The van der Waals surface area contributed by atoms with E-state index < -0.39 is 0 Å². The number of aliphatic hydroxyl groups is 1. The van der Waals surface area contributed by atoms with Crippen LogP contribution in [0.1, 0.15) is 44.9 Å². The molecule has 2 atom stereocenters. The van der Waals surface area contributed by atoms with Gasteiger partial charge in [0.25, 0.3) is 0 Å². The van der Waals surface area contributed by atoms with Crippen molar-refractivity contribution in [2.75, 3.05) is 6.61 Å². The maximum absolute atomic E-state index is 8.63. The molecular weight excluding hydrogens is 150 g/mol. The topological polar surface area (TPSA) is 46.2 Å². The van der Waals surface area contributed by atoms with Gasteiger partial charge in [-0.1, -0.05) is 19.3 Å². The lowest BCUT2D eigenvalue weighted by Gasteiger charge is -2.28. The normalized spacial score (nSPS) is 30.5. The van der Waals surface area contributed by atoms with Crippen molar-refractivity contribution in [1.29, 1.82) is 0 Å². The molecule has 0 radical (unpaired) electrons. The van der Waals surface area contributed by atoms with Gasteiger partial charge in [-0.2, -0.15) is 0 Å². The maximum atomic E-state index is 8.63.